The molecular formula is C23H29N7O3. The first kappa shape index (κ1) is 21.4. The van der Waals surface area contributed by atoms with Gasteiger partial charge in [0.05, 0.1) is 44.1 Å². The molecule has 1 atom stereocenters. The van der Waals surface area contributed by atoms with Crippen molar-refractivity contribution in [2.75, 3.05) is 39.7 Å². The number of carbonyl (C=O) groups is 1. The third kappa shape index (κ3) is 4.18. The summed E-state index contributed by atoms with van der Waals surface area (Å²) in [4.78, 5) is 25.4. The van der Waals surface area contributed by atoms with Gasteiger partial charge in [0.15, 0.2) is 5.65 Å². The van der Waals surface area contributed by atoms with Crippen molar-refractivity contribution in [2.45, 2.75) is 38.4 Å². The van der Waals surface area contributed by atoms with Gasteiger partial charge in [-0.2, -0.15) is 10.1 Å². The SMILES string of the molecule is COC(=O)N1CCC[C@H]1Cn1ncc2cnc(Nc3cc4c(cc3OC)CCN(C)C4)nc21. The molecule has 1 fully saturated rings. The summed E-state index contributed by atoms with van der Waals surface area (Å²) in [6.45, 7) is 3.20. The van der Waals surface area contributed by atoms with Crippen LogP contribution in [0.25, 0.3) is 11.0 Å². The Kier molecular flexibility index (Phi) is 5.76. The fourth-order valence-electron chi connectivity index (χ4n) is 4.76. The van der Waals surface area contributed by atoms with Crippen molar-refractivity contribution in [1.29, 1.82) is 0 Å². The Bertz CT molecular complexity index is 1180. The van der Waals surface area contributed by atoms with E-state index >= 15 is 0 Å². The molecule has 33 heavy (non-hydrogen) atoms. The number of rotatable bonds is 5. The van der Waals surface area contributed by atoms with Crippen molar-refractivity contribution >= 4 is 28.8 Å². The van der Waals surface area contributed by atoms with E-state index in [-0.39, 0.29) is 12.1 Å². The number of fused-ring (bicyclic) bond motifs is 2. The molecule has 10 heteroatoms. The average molecular weight is 452 g/mol. The normalized spacial score (nSPS) is 18.4. The number of ether oxygens (including phenoxy) is 2. The van der Waals surface area contributed by atoms with Crippen LogP contribution in [-0.4, -0.2) is 76.0 Å². The zero-order valence-electron chi connectivity index (χ0n) is 19.2. The highest BCUT2D eigenvalue weighted by atomic mass is 16.5. The Morgan fingerprint density at radius 3 is 2.91 bits per heavy atom. The van der Waals surface area contributed by atoms with Gasteiger partial charge in [-0.05, 0) is 49.6 Å². The van der Waals surface area contributed by atoms with E-state index < -0.39 is 0 Å². The van der Waals surface area contributed by atoms with Gasteiger partial charge in [0, 0.05) is 25.8 Å². The second-order valence-corrected chi connectivity index (χ2v) is 8.69. The van der Waals surface area contributed by atoms with Crippen molar-refractivity contribution < 1.29 is 14.3 Å². The zero-order chi connectivity index (χ0) is 22.9. The van der Waals surface area contributed by atoms with E-state index in [1.807, 2.05) is 4.68 Å². The van der Waals surface area contributed by atoms with Gasteiger partial charge in [-0.25, -0.2) is 14.5 Å². The van der Waals surface area contributed by atoms with Crippen LogP contribution in [0.2, 0.25) is 0 Å². The highest BCUT2D eigenvalue weighted by Crippen LogP contribution is 2.33. The maximum atomic E-state index is 12.1. The average Bonchev–Trinajstić information content (AvgIpc) is 3.45. The van der Waals surface area contributed by atoms with E-state index in [2.05, 4.69) is 39.5 Å². The molecule has 0 saturated carbocycles. The minimum absolute atomic E-state index is 0.0321. The topological polar surface area (TPSA) is 97.6 Å². The predicted octanol–water partition coefficient (Wildman–Crippen LogP) is 2.80. The van der Waals surface area contributed by atoms with Gasteiger partial charge < -0.3 is 24.6 Å². The van der Waals surface area contributed by atoms with E-state index in [0.29, 0.717) is 19.0 Å². The van der Waals surface area contributed by atoms with E-state index in [1.165, 1.54) is 18.2 Å². The zero-order valence-corrected chi connectivity index (χ0v) is 19.2. The van der Waals surface area contributed by atoms with Gasteiger partial charge in [0.25, 0.3) is 0 Å². The van der Waals surface area contributed by atoms with E-state index in [0.717, 1.165) is 54.8 Å². The van der Waals surface area contributed by atoms with Crippen molar-refractivity contribution in [1.82, 2.24) is 29.5 Å². The number of likely N-dealkylation sites (N-methyl/N-ethyl adjacent to an activating group) is 1. The molecule has 5 rings (SSSR count). The highest BCUT2D eigenvalue weighted by molar-refractivity contribution is 5.76. The number of amides is 1. The lowest BCUT2D eigenvalue weighted by atomic mass is 9.99. The number of benzene rings is 1. The summed E-state index contributed by atoms with van der Waals surface area (Å²) in [6, 6.07) is 4.26. The summed E-state index contributed by atoms with van der Waals surface area (Å²) in [7, 11) is 5.22. The quantitative estimate of drug-likeness (QED) is 0.633. The molecule has 4 heterocycles. The van der Waals surface area contributed by atoms with Gasteiger partial charge in [-0.15, -0.1) is 0 Å². The van der Waals surface area contributed by atoms with Crippen LogP contribution in [0.3, 0.4) is 0 Å². The number of hydrogen-bond donors (Lipinski definition) is 1. The minimum atomic E-state index is -0.295. The van der Waals surface area contributed by atoms with Crippen molar-refractivity contribution in [3.8, 4) is 5.75 Å². The molecule has 174 valence electrons. The monoisotopic (exact) mass is 451 g/mol. The standard InChI is InChI=1S/C23H29N7O3/c1-28-8-6-15-10-20(32-2)19(9-16(15)13-28)26-22-24-11-17-12-25-30(21(17)27-22)14-18-5-4-7-29(18)23(31)33-3/h9-12,18H,4-8,13-14H2,1-3H3,(H,24,26,27)/t18-/m0/s1. The van der Waals surface area contributed by atoms with Crippen LogP contribution in [-0.2, 0) is 24.2 Å². The first-order valence-electron chi connectivity index (χ1n) is 11.2. The molecule has 10 nitrogen and oxygen atoms in total. The van der Waals surface area contributed by atoms with Crippen molar-refractivity contribution in [2.24, 2.45) is 0 Å². The number of hydrogen-bond acceptors (Lipinski definition) is 8. The molecule has 2 aromatic heterocycles. The van der Waals surface area contributed by atoms with E-state index in [1.54, 1.807) is 24.4 Å². The molecular weight excluding hydrogens is 422 g/mol. The smallest absolute Gasteiger partial charge is 0.409 e. The summed E-state index contributed by atoms with van der Waals surface area (Å²) in [6.07, 6.45) is 6.09. The Morgan fingerprint density at radius 2 is 2.09 bits per heavy atom. The second kappa shape index (κ2) is 8.86. The van der Waals surface area contributed by atoms with Gasteiger partial charge in [-0.1, -0.05) is 0 Å². The largest absolute Gasteiger partial charge is 0.495 e. The van der Waals surface area contributed by atoms with E-state index in [9.17, 15) is 4.79 Å². The molecule has 1 saturated heterocycles. The molecule has 1 N–H and O–H groups in total. The van der Waals surface area contributed by atoms with Gasteiger partial charge in [0.2, 0.25) is 5.95 Å². The second-order valence-electron chi connectivity index (χ2n) is 8.69. The van der Waals surface area contributed by atoms with Crippen LogP contribution in [0.4, 0.5) is 16.4 Å². The van der Waals surface area contributed by atoms with Crippen molar-refractivity contribution in [3.05, 3.63) is 35.7 Å². The summed E-state index contributed by atoms with van der Waals surface area (Å²) in [5.74, 6) is 1.25. The van der Waals surface area contributed by atoms with Crippen LogP contribution < -0.4 is 10.1 Å². The maximum Gasteiger partial charge on any atom is 0.409 e. The lowest BCUT2D eigenvalue weighted by Crippen LogP contribution is -2.38. The van der Waals surface area contributed by atoms with Gasteiger partial charge >= 0.3 is 6.09 Å². The molecule has 0 bridgehead atoms. The number of methoxy groups -OCH3 is 2. The van der Waals surface area contributed by atoms with Crippen LogP contribution in [0.5, 0.6) is 5.75 Å². The molecule has 0 spiro atoms. The molecule has 0 aliphatic carbocycles. The number of nitrogens with one attached hydrogen (secondary N) is 1. The first-order valence-corrected chi connectivity index (χ1v) is 11.2. The number of aromatic nitrogens is 4. The fraction of sp³-hybridized carbons (Fsp3) is 0.478. The number of anilines is 2. The number of likely N-dealkylation sites (tertiary alicyclic amines) is 1. The predicted molar refractivity (Wildman–Crippen MR) is 124 cm³/mol. The molecule has 1 amide bonds. The lowest BCUT2D eigenvalue weighted by Gasteiger charge is -2.26. The summed E-state index contributed by atoms with van der Waals surface area (Å²) >= 11 is 0. The molecule has 1 aromatic carbocycles. The molecule has 0 radical (unpaired) electrons. The van der Waals surface area contributed by atoms with Crippen LogP contribution in [0, 0.1) is 0 Å². The molecule has 2 aliphatic rings. The third-order valence-electron chi connectivity index (χ3n) is 6.52. The third-order valence-corrected chi connectivity index (χ3v) is 6.52. The van der Waals surface area contributed by atoms with Gasteiger partial charge in [-0.3, -0.25) is 0 Å². The molecule has 3 aromatic rings. The Hall–Kier alpha value is -3.40. The molecule has 2 aliphatic heterocycles. The van der Waals surface area contributed by atoms with Crippen LogP contribution in [0.1, 0.15) is 24.0 Å². The summed E-state index contributed by atoms with van der Waals surface area (Å²) < 4.78 is 12.4. The maximum absolute atomic E-state index is 12.1. The lowest BCUT2D eigenvalue weighted by molar-refractivity contribution is 0.115. The minimum Gasteiger partial charge on any atom is -0.495 e. The first-order chi connectivity index (χ1) is 16.1. The Labute approximate surface area is 192 Å². The van der Waals surface area contributed by atoms with Crippen LogP contribution >= 0.6 is 0 Å². The Balaban J connectivity index is 1.41. The number of carbonyl (C=O) groups excluding carboxylic acids is 1. The highest BCUT2D eigenvalue weighted by Gasteiger charge is 2.30. The fourth-order valence-corrected chi connectivity index (χ4v) is 4.76. The van der Waals surface area contributed by atoms with Crippen LogP contribution in [0.15, 0.2) is 24.5 Å². The van der Waals surface area contributed by atoms with E-state index in [4.69, 9.17) is 14.5 Å². The Morgan fingerprint density at radius 1 is 1.21 bits per heavy atom. The summed E-state index contributed by atoms with van der Waals surface area (Å²) in [5, 5.41) is 8.69. The number of nitrogens with zero attached hydrogens (tertiary/aromatic N) is 6. The molecule has 0 unspecified atom stereocenters. The summed E-state index contributed by atoms with van der Waals surface area (Å²) in [5.41, 5.74) is 4.16. The van der Waals surface area contributed by atoms with Gasteiger partial charge in [0.1, 0.15) is 5.75 Å². The van der Waals surface area contributed by atoms with Crippen molar-refractivity contribution in [3.63, 3.8) is 0 Å².